The first-order chi connectivity index (χ1) is 12.8. The molecule has 0 fully saturated rings. The van der Waals surface area contributed by atoms with Gasteiger partial charge in [-0.15, -0.1) is 0 Å². The average molecular weight is 496 g/mol. The Hall–Kier alpha value is -2.25. The summed E-state index contributed by atoms with van der Waals surface area (Å²) in [7, 11) is 3.00. The molecule has 0 saturated heterocycles. The van der Waals surface area contributed by atoms with Gasteiger partial charge >= 0.3 is 5.97 Å². The van der Waals surface area contributed by atoms with Gasteiger partial charge in [-0.2, -0.15) is 0 Å². The van der Waals surface area contributed by atoms with Crippen LogP contribution in [-0.2, 0) is 0 Å². The van der Waals surface area contributed by atoms with Crippen molar-refractivity contribution in [1.29, 1.82) is 0 Å². The first kappa shape index (κ1) is 19.5. The van der Waals surface area contributed by atoms with Crippen LogP contribution in [0.15, 0.2) is 39.3 Å². The highest BCUT2D eigenvalue weighted by molar-refractivity contribution is 9.11. The highest BCUT2D eigenvalue weighted by atomic mass is 79.9. The van der Waals surface area contributed by atoms with Crippen LogP contribution in [0.5, 0.6) is 17.2 Å². The summed E-state index contributed by atoms with van der Waals surface area (Å²) in [6, 6.07) is 8.28. The maximum absolute atomic E-state index is 11.9. The maximum Gasteiger partial charge on any atom is 0.336 e. The molecule has 0 unspecified atom stereocenters. The lowest BCUT2D eigenvalue weighted by Crippen LogP contribution is -2.02. The molecule has 0 bridgehead atoms. The Balaban J connectivity index is 2.50. The van der Waals surface area contributed by atoms with E-state index in [0.29, 0.717) is 33.4 Å². The van der Waals surface area contributed by atoms with Gasteiger partial charge in [0.05, 0.1) is 19.8 Å². The summed E-state index contributed by atoms with van der Waals surface area (Å²) in [5, 5.41) is 21.2. The van der Waals surface area contributed by atoms with Gasteiger partial charge in [-0.05, 0) is 53.8 Å². The molecule has 140 valence electrons. The van der Waals surface area contributed by atoms with Crippen molar-refractivity contribution in [3.8, 4) is 28.4 Å². The summed E-state index contributed by atoms with van der Waals surface area (Å²) in [6.07, 6.45) is 0. The Labute approximate surface area is 172 Å². The topological polar surface area (TPSA) is 76.0 Å². The molecule has 3 aromatic rings. The van der Waals surface area contributed by atoms with Crippen molar-refractivity contribution in [1.82, 2.24) is 0 Å². The van der Waals surface area contributed by atoms with Gasteiger partial charge < -0.3 is 19.7 Å². The van der Waals surface area contributed by atoms with Crippen molar-refractivity contribution in [2.45, 2.75) is 6.92 Å². The van der Waals surface area contributed by atoms with Gasteiger partial charge in [-0.3, -0.25) is 0 Å². The number of hydrogen-bond donors (Lipinski definition) is 2. The summed E-state index contributed by atoms with van der Waals surface area (Å²) in [4.78, 5) is 11.9. The van der Waals surface area contributed by atoms with E-state index < -0.39 is 5.97 Å². The fourth-order valence-corrected chi connectivity index (χ4v) is 4.19. The molecule has 2 N–H and O–H groups in total. The molecule has 3 aromatic carbocycles. The van der Waals surface area contributed by atoms with Crippen molar-refractivity contribution in [2.24, 2.45) is 0 Å². The third-order valence-electron chi connectivity index (χ3n) is 4.42. The number of benzene rings is 3. The normalized spacial score (nSPS) is 10.9. The number of aromatic carboxylic acids is 1. The predicted octanol–water partition coefficient (Wildman–Crippen LogP) is 5.76. The van der Waals surface area contributed by atoms with Crippen LogP contribution in [0.1, 0.15) is 15.9 Å². The number of phenols is 1. The first-order valence-corrected chi connectivity index (χ1v) is 9.48. The van der Waals surface area contributed by atoms with Crippen molar-refractivity contribution in [2.75, 3.05) is 14.2 Å². The zero-order valence-electron chi connectivity index (χ0n) is 14.8. The fraction of sp³-hybridized carbons (Fsp3) is 0.150. The lowest BCUT2D eigenvalue weighted by Gasteiger charge is -2.17. The molecule has 0 aliphatic carbocycles. The van der Waals surface area contributed by atoms with Crippen LogP contribution in [0.2, 0.25) is 0 Å². The van der Waals surface area contributed by atoms with Gasteiger partial charge in [-0.25, -0.2) is 4.79 Å². The third kappa shape index (κ3) is 3.37. The lowest BCUT2D eigenvalue weighted by atomic mass is 9.92. The molecule has 0 aliphatic rings. The molecule has 0 heterocycles. The number of carboxylic acids is 1. The summed E-state index contributed by atoms with van der Waals surface area (Å²) in [5.41, 5.74) is 2.17. The average Bonchev–Trinajstić information content (AvgIpc) is 2.64. The Bertz CT molecular complexity index is 1050. The van der Waals surface area contributed by atoms with Crippen molar-refractivity contribution in [3.63, 3.8) is 0 Å². The second-order valence-corrected chi connectivity index (χ2v) is 7.65. The molecule has 0 amide bonds. The number of ether oxygens (including phenoxy) is 2. The van der Waals surface area contributed by atoms with Gasteiger partial charge in [0, 0.05) is 19.9 Å². The van der Waals surface area contributed by atoms with Gasteiger partial charge in [-0.1, -0.05) is 31.9 Å². The number of hydrogen-bond acceptors (Lipinski definition) is 4. The van der Waals surface area contributed by atoms with Crippen LogP contribution in [0.3, 0.4) is 0 Å². The van der Waals surface area contributed by atoms with Crippen LogP contribution in [0.4, 0.5) is 0 Å². The monoisotopic (exact) mass is 494 g/mol. The molecule has 0 spiro atoms. The van der Waals surface area contributed by atoms with E-state index in [-0.39, 0.29) is 11.3 Å². The smallest absolute Gasteiger partial charge is 0.336 e. The summed E-state index contributed by atoms with van der Waals surface area (Å²) in [6.45, 7) is 1.94. The van der Waals surface area contributed by atoms with E-state index in [0.717, 1.165) is 14.5 Å². The number of carboxylic acid groups (broad SMARTS) is 1. The van der Waals surface area contributed by atoms with E-state index in [4.69, 9.17) is 9.47 Å². The third-order valence-corrected chi connectivity index (χ3v) is 6.07. The Morgan fingerprint density at radius 3 is 1.93 bits per heavy atom. The molecule has 27 heavy (non-hydrogen) atoms. The van der Waals surface area contributed by atoms with Gasteiger partial charge in [0.25, 0.3) is 0 Å². The number of phenolic OH excluding ortho intramolecular Hbond substituents is 1. The zero-order valence-corrected chi connectivity index (χ0v) is 17.9. The number of fused-ring (bicyclic) bond motifs is 1. The number of aromatic hydroxyl groups is 1. The minimum Gasteiger partial charge on any atom is -0.507 e. The van der Waals surface area contributed by atoms with Crippen molar-refractivity contribution >= 4 is 48.6 Å². The molecule has 0 aliphatic heterocycles. The molecule has 0 aromatic heterocycles. The molecule has 0 atom stereocenters. The minimum absolute atomic E-state index is 0.00475. The van der Waals surface area contributed by atoms with E-state index in [9.17, 15) is 15.0 Å². The number of carbonyl (C=O) groups is 1. The summed E-state index contributed by atoms with van der Waals surface area (Å²) in [5.74, 6) is -0.388. The fourth-order valence-electron chi connectivity index (χ4n) is 3.00. The van der Waals surface area contributed by atoms with Crippen LogP contribution in [-0.4, -0.2) is 30.4 Å². The van der Waals surface area contributed by atoms with Gasteiger partial charge in [0.15, 0.2) is 11.5 Å². The van der Waals surface area contributed by atoms with Gasteiger partial charge in [0.2, 0.25) is 0 Å². The van der Waals surface area contributed by atoms with Crippen LogP contribution in [0.25, 0.3) is 21.9 Å². The van der Waals surface area contributed by atoms with Crippen LogP contribution in [0, 0.1) is 6.92 Å². The van der Waals surface area contributed by atoms with Crippen LogP contribution >= 0.6 is 31.9 Å². The van der Waals surface area contributed by atoms with E-state index in [1.807, 2.05) is 19.1 Å². The standard InChI is InChI=1S/C20H16Br2O5/c1-9-14(21)4-10(5-15(9)22)19-12-8-18(27-3)17(26-2)7-11(12)16(23)6-13(19)20(24)25/h4-8,23H,1-3H3,(H,24,25). The molecular weight excluding hydrogens is 480 g/mol. The number of methoxy groups -OCH3 is 2. The van der Waals surface area contributed by atoms with E-state index in [2.05, 4.69) is 31.9 Å². The quantitative estimate of drug-likeness (QED) is 0.481. The largest absolute Gasteiger partial charge is 0.507 e. The summed E-state index contributed by atoms with van der Waals surface area (Å²) < 4.78 is 12.4. The molecular formula is C20H16Br2O5. The van der Waals surface area contributed by atoms with Crippen molar-refractivity contribution < 1.29 is 24.5 Å². The Kier molecular flexibility index (Phi) is 5.35. The maximum atomic E-state index is 11.9. The second kappa shape index (κ2) is 7.40. The Morgan fingerprint density at radius 2 is 1.44 bits per heavy atom. The molecule has 0 saturated carbocycles. The van der Waals surface area contributed by atoms with E-state index in [1.165, 1.54) is 20.3 Å². The first-order valence-electron chi connectivity index (χ1n) is 7.89. The SMILES string of the molecule is COc1cc2c(O)cc(C(=O)O)c(-c3cc(Br)c(C)c(Br)c3)c2cc1OC. The molecule has 3 rings (SSSR count). The van der Waals surface area contributed by atoms with E-state index in [1.54, 1.807) is 12.1 Å². The van der Waals surface area contributed by atoms with Crippen LogP contribution < -0.4 is 9.47 Å². The van der Waals surface area contributed by atoms with E-state index >= 15 is 0 Å². The highest BCUT2D eigenvalue weighted by Crippen LogP contribution is 2.44. The summed E-state index contributed by atoms with van der Waals surface area (Å²) >= 11 is 7.03. The lowest BCUT2D eigenvalue weighted by molar-refractivity contribution is 0.0697. The minimum atomic E-state index is -1.13. The highest BCUT2D eigenvalue weighted by Gasteiger charge is 2.21. The zero-order chi connectivity index (χ0) is 19.9. The molecule has 7 heteroatoms. The number of rotatable bonds is 4. The Morgan fingerprint density at radius 1 is 0.926 bits per heavy atom. The molecule has 0 radical (unpaired) electrons. The van der Waals surface area contributed by atoms with Gasteiger partial charge in [0.1, 0.15) is 5.75 Å². The molecule has 5 nitrogen and oxygen atoms in total. The second-order valence-electron chi connectivity index (χ2n) is 5.94. The predicted molar refractivity (Wildman–Crippen MR) is 111 cm³/mol. The van der Waals surface area contributed by atoms with Crippen molar-refractivity contribution in [3.05, 3.63) is 50.4 Å². The number of halogens is 2.